The first kappa shape index (κ1) is 13.6. The Morgan fingerprint density at radius 1 is 1.17 bits per heavy atom. The van der Waals surface area contributed by atoms with Gasteiger partial charge in [0.1, 0.15) is 0 Å². The summed E-state index contributed by atoms with van der Waals surface area (Å²) in [6.45, 7) is 0.773. The molecule has 1 unspecified atom stereocenters. The van der Waals surface area contributed by atoms with E-state index in [2.05, 4.69) is 10.5 Å². The quantitative estimate of drug-likeness (QED) is 0.680. The van der Waals surface area contributed by atoms with E-state index in [1.807, 2.05) is 12.1 Å². The van der Waals surface area contributed by atoms with Crippen molar-refractivity contribution in [2.45, 2.75) is 12.7 Å². The van der Waals surface area contributed by atoms with Crippen molar-refractivity contribution in [3.8, 4) is 11.5 Å². The molecule has 1 N–H and O–H groups in total. The van der Waals surface area contributed by atoms with Crippen molar-refractivity contribution in [3.05, 3.63) is 63.2 Å². The Hall–Kier alpha value is -3.09. The summed E-state index contributed by atoms with van der Waals surface area (Å²) in [6.07, 6.45) is 2.03. The molecule has 7 nitrogen and oxygen atoms in total. The molecule has 23 heavy (non-hydrogen) atoms. The summed E-state index contributed by atoms with van der Waals surface area (Å²) in [5.41, 5.74) is 5.87. The van der Waals surface area contributed by atoms with Crippen LogP contribution in [0.4, 0.5) is 5.69 Å². The Morgan fingerprint density at radius 2 is 1.91 bits per heavy atom. The van der Waals surface area contributed by atoms with Crippen molar-refractivity contribution >= 4 is 11.9 Å². The zero-order chi connectivity index (χ0) is 15.8. The van der Waals surface area contributed by atoms with E-state index in [1.165, 1.54) is 12.1 Å². The molecule has 2 heterocycles. The van der Waals surface area contributed by atoms with Gasteiger partial charge in [0.05, 0.1) is 11.1 Å². The molecule has 2 aromatic rings. The van der Waals surface area contributed by atoms with Gasteiger partial charge in [0.2, 0.25) is 0 Å². The fourth-order valence-corrected chi connectivity index (χ4v) is 2.65. The van der Waals surface area contributed by atoms with Gasteiger partial charge in [0.15, 0.2) is 11.5 Å². The number of hydrazone groups is 1. The number of nitrogens with one attached hydrogen (secondary N) is 1. The van der Waals surface area contributed by atoms with Crippen LogP contribution in [0, 0.1) is 10.1 Å². The molecule has 0 radical (unpaired) electrons. The van der Waals surface area contributed by atoms with Gasteiger partial charge in [0.25, 0.3) is 12.0 Å². The third kappa shape index (κ3) is 2.46. The minimum absolute atomic E-state index is 0.0414. The van der Waals surface area contributed by atoms with E-state index in [-0.39, 0.29) is 5.69 Å². The third-order valence-electron chi connectivity index (χ3n) is 3.85. The van der Waals surface area contributed by atoms with Gasteiger partial charge >= 0.3 is 0 Å². The molecule has 7 heteroatoms. The Bertz CT molecular complexity index is 802. The van der Waals surface area contributed by atoms with Crippen molar-refractivity contribution < 1.29 is 14.4 Å². The number of nitro benzene ring substituents is 1. The highest BCUT2D eigenvalue weighted by Gasteiger charge is 2.27. The molecule has 0 fully saturated rings. The number of hydrogen-bond donors (Lipinski definition) is 1. The molecule has 0 spiro atoms. The van der Waals surface area contributed by atoms with E-state index in [4.69, 9.17) is 9.47 Å². The Labute approximate surface area is 131 Å². The molecule has 116 valence electrons. The molecule has 0 aliphatic carbocycles. The SMILES string of the molecule is O=[N+]([O-])c1ccc(C2Oc3cc4c(cc3O2)CCNN=C4)cc1. The summed E-state index contributed by atoms with van der Waals surface area (Å²) in [7, 11) is 0. The van der Waals surface area contributed by atoms with Gasteiger partial charge < -0.3 is 14.9 Å². The average Bonchev–Trinajstić information content (AvgIpc) is 2.83. The highest BCUT2D eigenvalue weighted by atomic mass is 16.7. The van der Waals surface area contributed by atoms with Crippen molar-refractivity contribution in [2.24, 2.45) is 5.10 Å². The topological polar surface area (TPSA) is 86.0 Å². The first-order chi connectivity index (χ1) is 11.2. The van der Waals surface area contributed by atoms with Gasteiger partial charge in [-0.25, -0.2) is 0 Å². The van der Waals surface area contributed by atoms with Crippen LogP contribution >= 0.6 is 0 Å². The van der Waals surface area contributed by atoms with E-state index in [1.54, 1.807) is 18.3 Å². The second-order valence-corrected chi connectivity index (χ2v) is 5.33. The van der Waals surface area contributed by atoms with Crippen molar-refractivity contribution in [3.63, 3.8) is 0 Å². The third-order valence-corrected chi connectivity index (χ3v) is 3.85. The molecular weight excluding hydrogens is 298 g/mol. The van der Waals surface area contributed by atoms with E-state index in [0.717, 1.165) is 29.7 Å². The maximum atomic E-state index is 10.7. The minimum atomic E-state index is -0.591. The van der Waals surface area contributed by atoms with Crippen LogP contribution in [-0.2, 0) is 6.42 Å². The summed E-state index contributed by atoms with van der Waals surface area (Å²) in [5, 5.41) is 14.8. The molecule has 0 amide bonds. The first-order valence-electron chi connectivity index (χ1n) is 7.21. The van der Waals surface area contributed by atoms with Crippen LogP contribution in [0.15, 0.2) is 41.5 Å². The standard InChI is InChI=1S/C16H13N3O4/c20-19(21)13-3-1-10(2-4-13)16-22-14-7-11-5-6-17-18-9-12(11)8-15(14)23-16/h1-4,7-9,16-17H,5-6H2. The second kappa shape index (κ2) is 5.28. The molecule has 2 aliphatic heterocycles. The molecule has 4 rings (SSSR count). The van der Waals surface area contributed by atoms with Crippen LogP contribution in [0.5, 0.6) is 11.5 Å². The van der Waals surface area contributed by atoms with Crippen LogP contribution < -0.4 is 14.9 Å². The number of nitro groups is 1. The molecule has 0 aromatic heterocycles. The van der Waals surface area contributed by atoms with Gasteiger partial charge in [-0.3, -0.25) is 10.1 Å². The molecule has 2 aromatic carbocycles. The normalized spacial score (nSPS) is 18.0. The summed E-state index contributed by atoms with van der Waals surface area (Å²) < 4.78 is 11.7. The number of nitrogens with zero attached hydrogens (tertiary/aromatic N) is 2. The van der Waals surface area contributed by atoms with Crippen LogP contribution in [-0.4, -0.2) is 17.7 Å². The Morgan fingerprint density at radius 3 is 2.65 bits per heavy atom. The zero-order valence-electron chi connectivity index (χ0n) is 12.1. The molecular formula is C16H13N3O4. The molecule has 0 bridgehead atoms. The summed E-state index contributed by atoms with van der Waals surface area (Å²) >= 11 is 0. The molecule has 1 atom stereocenters. The van der Waals surface area contributed by atoms with Crippen LogP contribution in [0.2, 0.25) is 0 Å². The smallest absolute Gasteiger partial charge is 0.269 e. The van der Waals surface area contributed by atoms with Crippen molar-refractivity contribution in [1.29, 1.82) is 0 Å². The van der Waals surface area contributed by atoms with E-state index >= 15 is 0 Å². The fourth-order valence-electron chi connectivity index (χ4n) is 2.65. The summed E-state index contributed by atoms with van der Waals surface area (Å²) in [6, 6.07) is 10.1. The lowest BCUT2D eigenvalue weighted by Crippen LogP contribution is -2.08. The van der Waals surface area contributed by atoms with E-state index in [9.17, 15) is 10.1 Å². The zero-order valence-corrected chi connectivity index (χ0v) is 12.1. The monoisotopic (exact) mass is 311 g/mol. The Balaban J connectivity index is 1.61. The Kier molecular flexibility index (Phi) is 3.11. The largest absolute Gasteiger partial charge is 0.447 e. The molecule has 0 saturated carbocycles. The number of ether oxygens (including phenoxy) is 2. The molecule has 0 saturated heterocycles. The van der Waals surface area contributed by atoms with Crippen LogP contribution in [0.3, 0.4) is 0 Å². The van der Waals surface area contributed by atoms with Gasteiger partial charge in [0, 0.05) is 29.8 Å². The van der Waals surface area contributed by atoms with Crippen LogP contribution in [0.25, 0.3) is 0 Å². The summed E-state index contributed by atoms with van der Waals surface area (Å²) in [4.78, 5) is 10.3. The predicted molar refractivity (Wildman–Crippen MR) is 82.8 cm³/mol. The van der Waals surface area contributed by atoms with E-state index in [0.29, 0.717) is 11.5 Å². The number of benzene rings is 2. The lowest BCUT2D eigenvalue weighted by atomic mass is 10.0. The number of fused-ring (bicyclic) bond motifs is 2. The van der Waals surface area contributed by atoms with Crippen molar-refractivity contribution in [1.82, 2.24) is 5.43 Å². The number of non-ortho nitro benzene ring substituents is 1. The maximum Gasteiger partial charge on any atom is 0.269 e. The van der Waals surface area contributed by atoms with E-state index < -0.39 is 11.2 Å². The predicted octanol–water partition coefficient (Wildman–Crippen LogP) is 2.54. The number of rotatable bonds is 2. The average molecular weight is 311 g/mol. The first-order valence-corrected chi connectivity index (χ1v) is 7.21. The minimum Gasteiger partial charge on any atom is -0.447 e. The fraction of sp³-hybridized carbons (Fsp3) is 0.188. The van der Waals surface area contributed by atoms with Gasteiger partial charge in [-0.2, -0.15) is 5.10 Å². The summed E-state index contributed by atoms with van der Waals surface area (Å²) in [5.74, 6) is 1.34. The number of hydrogen-bond acceptors (Lipinski definition) is 6. The van der Waals surface area contributed by atoms with Gasteiger partial charge in [-0.05, 0) is 36.2 Å². The highest BCUT2D eigenvalue weighted by molar-refractivity contribution is 5.83. The maximum absolute atomic E-state index is 10.7. The van der Waals surface area contributed by atoms with Crippen molar-refractivity contribution in [2.75, 3.05) is 6.54 Å². The lowest BCUT2D eigenvalue weighted by molar-refractivity contribution is -0.384. The van der Waals surface area contributed by atoms with Crippen LogP contribution in [0.1, 0.15) is 23.0 Å². The highest BCUT2D eigenvalue weighted by Crippen LogP contribution is 2.42. The van der Waals surface area contributed by atoms with Gasteiger partial charge in [-0.1, -0.05) is 0 Å². The molecule has 2 aliphatic rings. The lowest BCUT2D eigenvalue weighted by Gasteiger charge is -2.09. The second-order valence-electron chi connectivity index (χ2n) is 5.33. The van der Waals surface area contributed by atoms with Gasteiger partial charge in [-0.15, -0.1) is 0 Å².